The van der Waals surface area contributed by atoms with Crippen LogP contribution in [0.25, 0.3) is 10.2 Å². The molecule has 0 bridgehead atoms. The molecule has 1 aromatic carbocycles. The summed E-state index contributed by atoms with van der Waals surface area (Å²) in [5, 5.41) is 3.74. The van der Waals surface area contributed by atoms with Gasteiger partial charge in [-0.1, -0.05) is 22.6 Å². The number of aromatic nitrogens is 2. The van der Waals surface area contributed by atoms with Gasteiger partial charge in [-0.2, -0.15) is 4.99 Å². The molecule has 0 aliphatic carbocycles. The molecule has 0 radical (unpaired) electrons. The van der Waals surface area contributed by atoms with Crippen molar-refractivity contribution in [2.45, 2.75) is 27.3 Å². The molecule has 126 valence electrons. The van der Waals surface area contributed by atoms with E-state index in [-0.39, 0.29) is 5.69 Å². The maximum atomic E-state index is 12.4. The molecule has 7 heteroatoms. The fourth-order valence-corrected chi connectivity index (χ4v) is 3.71. The highest BCUT2D eigenvalue weighted by molar-refractivity contribution is 7.16. The smallest absolute Gasteiger partial charge is 0.301 e. The van der Waals surface area contributed by atoms with Crippen molar-refractivity contribution < 1.29 is 14.1 Å². The quantitative estimate of drug-likeness (QED) is 0.729. The number of nitrogens with zero attached hydrogens (tertiary/aromatic N) is 3. The van der Waals surface area contributed by atoms with Crippen LogP contribution in [-0.2, 0) is 11.3 Å². The summed E-state index contributed by atoms with van der Waals surface area (Å²) in [7, 11) is 1.66. The average Bonchev–Trinajstić information content (AvgIpc) is 3.10. The van der Waals surface area contributed by atoms with E-state index in [1.807, 2.05) is 4.57 Å². The Labute approximate surface area is 143 Å². The van der Waals surface area contributed by atoms with Crippen molar-refractivity contribution >= 4 is 27.5 Å². The number of aryl methyl sites for hydroxylation is 3. The number of hydrogen-bond acceptors (Lipinski definition) is 5. The van der Waals surface area contributed by atoms with Gasteiger partial charge in [-0.25, -0.2) is 0 Å². The Morgan fingerprint density at radius 2 is 2.12 bits per heavy atom. The van der Waals surface area contributed by atoms with Crippen molar-refractivity contribution in [3.05, 3.63) is 45.6 Å². The lowest BCUT2D eigenvalue weighted by Crippen LogP contribution is -2.19. The van der Waals surface area contributed by atoms with E-state index in [0.717, 1.165) is 10.2 Å². The number of thiazole rings is 1. The van der Waals surface area contributed by atoms with E-state index in [1.54, 1.807) is 20.1 Å². The highest BCUT2D eigenvalue weighted by Crippen LogP contribution is 2.23. The van der Waals surface area contributed by atoms with Gasteiger partial charge in [-0.3, -0.25) is 4.79 Å². The van der Waals surface area contributed by atoms with Gasteiger partial charge in [0, 0.05) is 19.7 Å². The minimum atomic E-state index is -0.404. The summed E-state index contributed by atoms with van der Waals surface area (Å²) < 4.78 is 13.3. The standard InChI is InChI=1S/C17H19N3O3S/c1-10-7-11(2)15-14(8-10)20(5-6-22-4)17(24-15)18-16(21)13-9-12(3)23-19-13/h7-9H,5-6H2,1-4H3. The van der Waals surface area contributed by atoms with Gasteiger partial charge in [0.05, 0.1) is 16.8 Å². The number of ether oxygens (including phenoxy) is 1. The molecule has 0 saturated carbocycles. The zero-order valence-electron chi connectivity index (χ0n) is 14.1. The number of rotatable bonds is 4. The van der Waals surface area contributed by atoms with Crippen molar-refractivity contribution in [2.75, 3.05) is 13.7 Å². The number of fused-ring (bicyclic) bond motifs is 1. The first-order chi connectivity index (χ1) is 11.5. The number of benzene rings is 1. The van der Waals surface area contributed by atoms with Crippen molar-refractivity contribution in [3.8, 4) is 0 Å². The van der Waals surface area contributed by atoms with Gasteiger partial charge in [0.2, 0.25) is 0 Å². The van der Waals surface area contributed by atoms with Crippen LogP contribution in [0.15, 0.2) is 27.7 Å². The van der Waals surface area contributed by atoms with E-state index in [0.29, 0.717) is 23.7 Å². The molecule has 6 nitrogen and oxygen atoms in total. The monoisotopic (exact) mass is 345 g/mol. The van der Waals surface area contributed by atoms with Crippen molar-refractivity contribution in [2.24, 2.45) is 4.99 Å². The van der Waals surface area contributed by atoms with Gasteiger partial charge in [-0.05, 0) is 38.0 Å². The molecule has 0 aliphatic heterocycles. The van der Waals surface area contributed by atoms with Gasteiger partial charge in [0.15, 0.2) is 10.5 Å². The fraction of sp³-hybridized carbons (Fsp3) is 0.353. The summed E-state index contributed by atoms with van der Waals surface area (Å²) in [6.45, 7) is 7.05. The maximum absolute atomic E-state index is 12.4. The highest BCUT2D eigenvalue weighted by atomic mass is 32.1. The van der Waals surface area contributed by atoms with E-state index >= 15 is 0 Å². The third kappa shape index (κ3) is 3.18. The predicted molar refractivity (Wildman–Crippen MR) is 92.3 cm³/mol. The summed E-state index contributed by atoms with van der Waals surface area (Å²) in [6, 6.07) is 5.83. The van der Waals surface area contributed by atoms with E-state index in [4.69, 9.17) is 9.26 Å². The Balaban J connectivity index is 2.17. The van der Waals surface area contributed by atoms with E-state index in [1.165, 1.54) is 22.5 Å². The van der Waals surface area contributed by atoms with Gasteiger partial charge >= 0.3 is 5.91 Å². The Morgan fingerprint density at radius 3 is 2.79 bits per heavy atom. The number of amides is 1. The molecule has 3 aromatic rings. The van der Waals surface area contributed by atoms with Crippen LogP contribution in [0.5, 0.6) is 0 Å². The molecule has 24 heavy (non-hydrogen) atoms. The molecule has 0 aliphatic rings. The minimum absolute atomic E-state index is 0.219. The molecular weight excluding hydrogens is 326 g/mol. The second-order valence-electron chi connectivity index (χ2n) is 5.70. The average molecular weight is 345 g/mol. The molecule has 3 rings (SSSR count). The Bertz CT molecular complexity index is 965. The molecule has 0 fully saturated rings. The van der Waals surface area contributed by atoms with Crippen molar-refractivity contribution in [1.29, 1.82) is 0 Å². The highest BCUT2D eigenvalue weighted by Gasteiger charge is 2.13. The number of carbonyl (C=O) groups excluding carboxylic acids is 1. The van der Waals surface area contributed by atoms with Crippen LogP contribution in [0.1, 0.15) is 27.4 Å². The zero-order chi connectivity index (χ0) is 17.3. The van der Waals surface area contributed by atoms with Gasteiger partial charge < -0.3 is 13.8 Å². The predicted octanol–water partition coefficient (Wildman–Crippen LogP) is 3.00. The lowest BCUT2D eigenvalue weighted by atomic mass is 10.1. The molecule has 2 heterocycles. The third-order valence-corrected chi connectivity index (χ3v) is 4.91. The summed E-state index contributed by atoms with van der Waals surface area (Å²) in [5.41, 5.74) is 3.63. The molecule has 0 N–H and O–H groups in total. The first kappa shape index (κ1) is 16.6. The first-order valence-corrected chi connectivity index (χ1v) is 8.43. The SMILES string of the molecule is COCCn1c(=NC(=O)c2cc(C)on2)sc2c(C)cc(C)cc21. The molecule has 0 saturated heterocycles. The Kier molecular flexibility index (Phi) is 4.64. The Hall–Kier alpha value is -2.25. The molecular formula is C17H19N3O3S. The number of hydrogen-bond donors (Lipinski definition) is 0. The number of methoxy groups -OCH3 is 1. The lowest BCUT2D eigenvalue weighted by molar-refractivity contribution is 0.0988. The summed E-state index contributed by atoms with van der Waals surface area (Å²) in [5.74, 6) is 0.183. The second-order valence-corrected chi connectivity index (χ2v) is 6.68. The minimum Gasteiger partial charge on any atom is -0.383 e. The van der Waals surface area contributed by atoms with Crippen LogP contribution in [0.2, 0.25) is 0 Å². The molecule has 0 spiro atoms. The Morgan fingerprint density at radius 1 is 1.33 bits per heavy atom. The van der Waals surface area contributed by atoms with E-state index < -0.39 is 5.91 Å². The largest absolute Gasteiger partial charge is 0.383 e. The van der Waals surface area contributed by atoms with Gasteiger partial charge in [0.25, 0.3) is 0 Å². The normalized spacial score (nSPS) is 12.2. The van der Waals surface area contributed by atoms with Gasteiger partial charge in [-0.15, -0.1) is 0 Å². The first-order valence-electron chi connectivity index (χ1n) is 7.61. The van der Waals surface area contributed by atoms with Crippen LogP contribution >= 0.6 is 11.3 Å². The van der Waals surface area contributed by atoms with E-state index in [2.05, 4.69) is 36.1 Å². The molecule has 0 atom stereocenters. The van der Waals surface area contributed by atoms with Crippen LogP contribution < -0.4 is 4.80 Å². The van der Waals surface area contributed by atoms with Crippen molar-refractivity contribution in [3.63, 3.8) is 0 Å². The fourth-order valence-electron chi connectivity index (χ4n) is 2.61. The summed E-state index contributed by atoms with van der Waals surface area (Å²) in [4.78, 5) is 17.3. The third-order valence-electron chi connectivity index (χ3n) is 3.68. The molecule has 2 aromatic heterocycles. The van der Waals surface area contributed by atoms with Crippen LogP contribution in [-0.4, -0.2) is 29.3 Å². The molecule has 0 unspecified atom stereocenters. The topological polar surface area (TPSA) is 69.6 Å². The van der Waals surface area contributed by atoms with Gasteiger partial charge in [0.1, 0.15) is 5.76 Å². The van der Waals surface area contributed by atoms with Crippen LogP contribution in [0.3, 0.4) is 0 Å². The van der Waals surface area contributed by atoms with Crippen molar-refractivity contribution in [1.82, 2.24) is 9.72 Å². The molecule has 1 amide bonds. The number of carbonyl (C=O) groups is 1. The lowest BCUT2D eigenvalue weighted by Gasteiger charge is -2.05. The summed E-state index contributed by atoms with van der Waals surface area (Å²) in [6.07, 6.45) is 0. The van der Waals surface area contributed by atoms with Crippen LogP contribution in [0.4, 0.5) is 0 Å². The van der Waals surface area contributed by atoms with E-state index in [9.17, 15) is 4.79 Å². The summed E-state index contributed by atoms with van der Waals surface area (Å²) >= 11 is 1.50. The van der Waals surface area contributed by atoms with Crippen LogP contribution in [0, 0.1) is 20.8 Å². The maximum Gasteiger partial charge on any atom is 0.301 e. The zero-order valence-corrected chi connectivity index (χ0v) is 14.9. The second kappa shape index (κ2) is 6.70.